The van der Waals surface area contributed by atoms with Crippen molar-refractivity contribution >= 4 is 5.97 Å². The molecule has 0 radical (unpaired) electrons. The number of benzene rings is 1. The fraction of sp³-hybridized carbons (Fsp3) is 0.500. The Labute approximate surface area is 113 Å². The Bertz CT molecular complexity index is 378. The highest BCUT2D eigenvalue weighted by atomic mass is 16.7. The molecule has 1 unspecified atom stereocenters. The van der Waals surface area contributed by atoms with Gasteiger partial charge in [0.15, 0.2) is 6.29 Å². The topological polar surface area (TPSA) is 56.8 Å². The average molecular weight is 267 g/mol. The molecular formula is C14H21NO4. The maximum atomic E-state index is 10.7. The summed E-state index contributed by atoms with van der Waals surface area (Å²) in [6.45, 7) is 4.91. The Morgan fingerprint density at radius 3 is 2.58 bits per heavy atom. The summed E-state index contributed by atoms with van der Waals surface area (Å²) in [5.74, 6) is 0.440. The zero-order valence-corrected chi connectivity index (χ0v) is 11.6. The summed E-state index contributed by atoms with van der Waals surface area (Å²) in [7, 11) is 1.87. The first-order valence-electron chi connectivity index (χ1n) is 6.27. The van der Waals surface area contributed by atoms with Gasteiger partial charge in [-0.25, -0.2) is 0 Å². The molecule has 1 rings (SSSR count). The summed E-state index contributed by atoms with van der Waals surface area (Å²) in [6.07, 6.45) is -0.298. The van der Waals surface area contributed by atoms with E-state index in [2.05, 4.69) is 5.32 Å². The van der Waals surface area contributed by atoms with E-state index >= 15 is 0 Å². The highest BCUT2D eigenvalue weighted by Gasteiger charge is 2.04. The van der Waals surface area contributed by atoms with Gasteiger partial charge in [-0.1, -0.05) is 12.1 Å². The molecule has 1 aromatic carbocycles. The minimum absolute atomic E-state index is 0.282. The van der Waals surface area contributed by atoms with Gasteiger partial charge in [-0.3, -0.25) is 4.79 Å². The van der Waals surface area contributed by atoms with Gasteiger partial charge in [-0.05, 0) is 31.7 Å². The fourth-order valence-electron chi connectivity index (χ4n) is 1.40. The second kappa shape index (κ2) is 8.50. The molecule has 0 amide bonds. The first kappa shape index (κ1) is 15.5. The van der Waals surface area contributed by atoms with E-state index in [1.165, 1.54) is 6.92 Å². The lowest BCUT2D eigenvalue weighted by atomic mass is 10.2. The van der Waals surface area contributed by atoms with Gasteiger partial charge >= 0.3 is 5.97 Å². The average Bonchev–Trinajstić information content (AvgIpc) is 2.38. The van der Waals surface area contributed by atoms with Gasteiger partial charge in [0.2, 0.25) is 0 Å². The monoisotopic (exact) mass is 267 g/mol. The number of nitrogens with one attached hydrogen (secondary N) is 1. The molecule has 106 valence electrons. The molecule has 0 heterocycles. The van der Waals surface area contributed by atoms with E-state index < -0.39 is 0 Å². The van der Waals surface area contributed by atoms with Crippen molar-refractivity contribution < 1.29 is 19.0 Å². The van der Waals surface area contributed by atoms with Gasteiger partial charge in [0.25, 0.3) is 0 Å². The van der Waals surface area contributed by atoms with Gasteiger partial charge in [0.1, 0.15) is 12.4 Å². The normalized spacial score (nSPS) is 11.9. The van der Waals surface area contributed by atoms with Gasteiger partial charge in [0.05, 0.1) is 6.61 Å². The van der Waals surface area contributed by atoms with Gasteiger partial charge in [-0.15, -0.1) is 0 Å². The molecule has 0 fully saturated rings. The van der Waals surface area contributed by atoms with Gasteiger partial charge in [-0.2, -0.15) is 0 Å². The number of hydrogen-bond acceptors (Lipinski definition) is 5. The molecule has 0 aliphatic rings. The Kier molecular flexibility index (Phi) is 6.92. The second-order valence-corrected chi connectivity index (χ2v) is 4.08. The van der Waals surface area contributed by atoms with Crippen molar-refractivity contribution in [1.82, 2.24) is 5.32 Å². The lowest BCUT2D eigenvalue weighted by molar-refractivity contribution is -0.142. The van der Waals surface area contributed by atoms with Crippen molar-refractivity contribution in [3.05, 3.63) is 29.8 Å². The van der Waals surface area contributed by atoms with Crippen molar-refractivity contribution in [1.29, 1.82) is 0 Å². The Balaban J connectivity index is 2.36. The van der Waals surface area contributed by atoms with Crippen LogP contribution >= 0.6 is 0 Å². The van der Waals surface area contributed by atoms with E-state index in [-0.39, 0.29) is 18.9 Å². The highest BCUT2D eigenvalue weighted by Crippen LogP contribution is 2.14. The zero-order chi connectivity index (χ0) is 14.1. The lowest BCUT2D eigenvalue weighted by Crippen LogP contribution is -2.22. The van der Waals surface area contributed by atoms with E-state index in [1.807, 2.05) is 38.2 Å². The van der Waals surface area contributed by atoms with Crippen molar-refractivity contribution in [2.75, 3.05) is 20.2 Å². The van der Waals surface area contributed by atoms with Crippen molar-refractivity contribution in [2.24, 2.45) is 0 Å². The lowest BCUT2D eigenvalue weighted by Gasteiger charge is -2.15. The first-order chi connectivity index (χ1) is 9.11. The Morgan fingerprint density at radius 1 is 1.32 bits per heavy atom. The third-order valence-electron chi connectivity index (χ3n) is 2.37. The quantitative estimate of drug-likeness (QED) is 0.441. The third kappa shape index (κ3) is 6.79. The molecule has 1 atom stereocenters. The summed E-state index contributed by atoms with van der Waals surface area (Å²) in [6, 6.07) is 7.38. The molecule has 0 aromatic heterocycles. The van der Waals surface area contributed by atoms with Crippen LogP contribution in [-0.4, -0.2) is 32.5 Å². The molecule has 0 aliphatic carbocycles. The summed E-state index contributed by atoms with van der Waals surface area (Å²) < 4.78 is 15.9. The summed E-state index contributed by atoms with van der Waals surface area (Å²) in [5.41, 5.74) is 0.923. The van der Waals surface area contributed by atoms with E-state index in [1.54, 1.807) is 0 Å². The molecule has 1 N–H and O–H groups in total. The van der Waals surface area contributed by atoms with Crippen LogP contribution in [0.15, 0.2) is 24.3 Å². The summed E-state index contributed by atoms with van der Waals surface area (Å²) in [5, 5.41) is 3.00. The number of carbonyl (C=O) groups excluding carboxylic acids is 1. The maximum absolute atomic E-state index is 10.7. The van der Waals surface area contributed by atoms with Crippen molar-refractivity contribution in [2.45, 2.75) is 26.7 Å². The van der Waals surface area contributed by atoms with Crippen LogP contribution in [0.2, 0.25) is 0 Å². The van der Waals surface area contributed by atoms with Crippen LogP contribution in [-0.2, 0) is 20.9 Å². The maximum Gasteiger partial charge on any atom is 0.302 e. The number of likely N-dealkylation sites (N-methyl/N-ethyl adjacent to an activating group) is 1. The second-order valence-electron chi connectivity index (χ2n) is 4.08. The molecule has 5 heteroatoms. The van der Waals surface area contributed by atoms with Crippen molar-refractivity contribution in [3.63, 3.8) is 0 Å². The van der Waals surface area contributed by atoms with Crippen molar-refractivity contribution in [3.8, 4) is 5.75 Å². The smallest absolute Gasteiger partial charge is 0.302 e. The standard InChI is InChI=1S/C14H21NO4/c1-11(16)18-10-13-4-6-14(7-5-13)19-12(2)17-9-8-15-3/h4-7,12,15H,8-10H2,1-3H3. The van der Waals surface area contributed by atoms with E-state index in [4.69, 9.17) is 14.2 Å². The van der Waals surface area contributed by atoms with Crippen LogP contribution < -0.4 is 10.1 Å². The number of rotatable bonds is 8. The fourth-order valence-corrected chi connectivity index (χ4v) is 1.40. The number of esters is 1. The van der Waals surface area contributed by atoms with E-state index in [9.17, 15) is 4.79 Å². The molecule has 0 bridgehead atoms. The summed E-state index contributed by atoms with van der Waals surface area (Å²) in [4.78, 5) is 10.7. The Morgan fingerprint density at radius 2 is 2.00 bits per heavy atom. The van der Waals surface area contributed by atoms with Crippen LogP contribution in [0.3, 0.4) is 0 Å². The summed E-state index contributed by atoms with van der Waals surface area (Å²) >= 11 is 0. The van der Waals surface area contributed by atoms with E-state index in [0.29, 0.717) is 6.61 Å². The van der Waals surface area contributed by atoms with Crippen LogP contribution in [0, 0.1) is 0 Å². The molecule has 5 nitrogen and oxygen atoms in total. The van der Waals surface area contributed by atoms with Crippen LogP contribution in [0.4, 0.5) is 0 Å². The predicted octanol–water partition coefficient (Wildman–Crippen LogP) is 1.71. The van der Waals surface area contributed by atoms with E-state index in [0.717, 1.165) is 17.9 Å². The molecule has 19 heavy (non-hydrogen) atoms. The predicted molar refractivity (Wildman–Crippen MR) is 71.9 cm³/mol. The number of ether oxygens (including phenoxy) is 3. The van der Waals surface area contributed by atoms with Gasteiger partial charge < -0.3 is 19.5 Å². The molecule has 0 saturated heterocycles. The SMILES string of the molecule is CNCCOC(C)Oc1ccc(COC(C)=O)cc1. The minimum Gasteiger partial charge on any atom is -0.465 e. The van der Waals surface area contributed by atoms with Gasteiger partial charge in [0, 0.05) is 13.5 Å². The molecule has 0 saturated carbocycles. The van der Waals surface area contributed by atoms with Crippen LogP contribution in [0.25, 0.3) is 0 Å². The molecule has 0 aliphatic heterocycles. The van der Waals surface area contributed by atoms with Crippen LogP contribution in [0.5, 0.6) is 5.75 Å². The molecule has 0 spiro atoms. The third-order valence-corrected chi connectivity index (χ3v) is 2.37. The largest absolute Gasteiger partial charge is 0.465 e. The Hall–Kier alpha value is -1.59. The number of hydrogen-bond donors (Lipinski definition) is 1. The zero-order valence-electron chi connectivity index (χ0n) is 11.6. The molecular weight excluding hydrogens is 246 g/mol. The van der Waals surface area contributed by atoms with Crippen LogP contribution in [0.1, 0.15) is 19.4 Å². The highest BCUT2D eigenvalue weighted by molar-refractivity contribution is 5.65. The minimum atomic E-state index is -0.298. The number of carbonyl (C=O) groups is 1. The first-order valence-corrected chi connectivity index (χ1v) is 6.27. The molecule has 1 aromatic rings.